The van der Waals surface area contributed by atoms with Crippen LogP contribution in [0.2, 0.25) is 5.02 Å². The maximum Gasteiger partial charge on any atom is 0.243 e. The minimum atomic E-state index is -4.01. The van der Waals surface area contributed by atoms with Gasteiger partial charge in [0.05, 0.1) is 43.0 Å². The van der Waals surface area contributed by atoms with Crippen molar-refractivity contribution < 1.29 is 27.4 Å². The fourth-order valence-electron chi connectivity index (χ4n) is 3.34. The monoisotopic (exact) mass is 518 g/mol. The molecular weight excluding hydrogens is 492 g/mol. The summed E-state index contributed by atoms with van der Waals surface area (Å²) in [5, 5.41) is 3.01. The summed E-state index contributed by atoms with van der Waals surface area (Å²) in [6.45, 7) is 1.88. The number of nitrogens with one attached hydrogen (secondary N) is 1. The molecule has 1 amide bonds. The lowest BCUT2D eigenvalue weighted by atomic mass is 10.2. The smallest absolute Gasteiger partial charge is 0.243 e. The van der Waals surface area contributed by atoms with E-state index < -0.39 is 22.5 Å². The molecule has 0 unspecified atom stereocenters. The summed E-state index contributed by atoms with van der Waals surface area (Å²) in [6, 6.07) is 18.2. The predicted molar refractivity (Wildman–Crippen MR) is 135 cm³/mol. The Balaban J connectivity index is 1.89. The first-order valence-corrected chi connectivity index (χ1v) is 12.6. The highest BCUT2D eigenvalue weighted by atomic mass is 35.5. The first kappa shape index (κ1) is 26.3. The third-order valence-corrected chi connectivity index (χ3v) is 7.14. The van der Waals surface area contributed by atoms with Crippen molar-refractivity contribution in [1.82, 2.24) is 4.31 Å². The average Bonchev–Trinajstić information content (AvgIpc) is 2.85. The van der Waals surface area contributed by atoms with Crippen LogP contribution in [0.15, 0.2) is 71.6 Å². The van der Waals surface area contributed by atoms with Crippen molar-refractivity contribution in [3.63, 3.8) is 0 Å². The molecule has 3 aromatic carbocycles. The number of methoxy groups -OCH3 is 2. The minimum absolute atomic E-state index is 0.00484. The number of hydrogen-bond acceptors (Lipinski definition) is 6. The SMILES string of the molecule is CCOc1ccc(S(=O)(=O)N(CC(=O)Nc2cc(OC)c(Cl)cc2OC)Cc2ccccc2)cc1. The molecule has 186 valence electrons. The number of rotatable bonds is 11. The fourth-order valence-corrected chi connectivity index (χ4v) is 4.96. The third-order valence-electron chi connectivity index (χ3n) is 5.04. The van der Waals surface area contributed by atoms with Crippen LogP contribution in [0.25, 0.3) is 0 Å². The lowest BCUT2D eigenvalue weighted by Crippen LogP contribution is -2.37. The van der Waals surface area contributed by atoms with Crippen LogP contribution >= 0.6 is 11.6 Å². The van der Waals surface area contributed by atoms with Crippen LogP contribution in [0.3, 0.4) is 0 Å². The molecular formula is C25H27ClN2O6S. The number of anilines is 1. The van der Waals surface area contributed by atoms with E-state index in [1.807, 2.05) is 25.1 Å². The van der Waals surface area contributed by atoms with Crippen molar-refractivity contribution in [2.24, 2.45) is 0 Å². The first-order valence-electron chi connectivity index (χ1n) is 10.8. The zero-order chi connectivity index (χ0) is 25.4. The van der Waals surface area contributed by atoms with E-state index in [2.05, 4.69) is 5.32 Å². The lowest BCUT2D eigenvalue weighted by Gasteiger charge is -2.22. The molecule has 0 bridgehead atoms. The molecule has 0 fully saturated rings. The number of amides is 1. The number of sulfonamides is 1. The number of halogens is 1. The van der Waals surface area contributed by atoms with Gasteiger partial charge in [0.25, 0.3) is 0 Å². The zero-order valence-electron chi connectivity index (χ0n) is 19.7. The van der Waals surface area contributed by atoms with Crippen molar-refractivity contribution in [3.05, 3.63) is 77.3 Å². The molecule has 0 atom stereocenters. The Labute approximate surface area is 210 Å². The molecule has 35 heavy (non-hydrogen) atoms. The second-order valence-electron chi connectivity index (χ2n) is 7.40. The standard InChI is InChI=1S/C25H27ClN2O6S/c1-4-34-19-10-12-20(13-11-19)35(30,31)28(16-18-8-6-5-7-9-18)17-25(29)27-22-15-23(32-2)21(26)14-24(22)33-3/h5-15H,4,16-17H2,1-3H3,(H,27,29). The van der Waals surface area contributed by atoms with E-state index in [-0.39, 0.29) is 11.4 Å². The van der Waals surface area contributed by atoms with Gasteiger partial charge in [0.2, 0.25) is 15.9 Å². The molecule has 0 saturated carbocycles. The van der Waals surface area contributed by atoms with Gasteiger partial charge < -0.3 is 19.5 Å². The van der Waals surface area contributed by atoms with E-state index in [4.69, 9.17) is 25.8 Å². The molecule has 3 rings (SSSR count). The van der Waals surface area contributed by atoms with Gasteiger partial charge in [0, 0.05) is 18.7 Å². The van der Waals surface area contributed by atoms with Crippen LogP contribution in [0.4, 0.5) is 5.69 Å². The lowest BCUT2D eigenvalue weighted by molar-refractivity contribution is -0.116. The van der Waals surface area contributed by atoms with Gasteiger partial charge in [-0.3, -0.25) is 4.79 Å². The van der Waals surface area contributed by atoms with Gasteiger partial charge in [-0.2, -0.15) is 4.31 Å². The van der Waals surface area contributed by atoms with Gasteiger partial charge in [-0.05, 0) is 36.8 Å². The molecule has 0 heterocycles. The molecule has 10 heteroatoms. The predicted octanol–water partition coefficient (Wildman–Crippen LogP) is 4.59. The number of benzene rings is 3. The normalized spacial score (nSPS) is 11.2. The molecule has 0 aromatic heterocycles. The number of ether oxygens (including phenoxy) is 3. The Kier molecular flexibility index (Phi) is 8.97. The van der Waals surface area contributed by atoms with Gasteiger partial charge in [-0.25, -0.2) is 8.42 Å². The molecule has 0 aliphatic heterocycles. The number of nitrogens with zero attached hydrogens (tertiary/aromatic N) is 1. The number of carbonyl (C=O) groups is 1. The minimum Gasteiger partial charge on any atom is -0.495 e. The van der Waals surface area contributed by atoms with Crippen LogP contribution in [0, 0.1) is 0 Å². The summed E-state index contributed by atoms with van der Waals surface area (Å²) < 4.78 is 44.0. The third kappa shape index (κ3) is 6.66. The summed E-state index contributed by atoms with van der Waals surface area (Å²) in [7, 11) is -1.13. The molecule has 8 nitrogen and oxygen atoms in total. The van der Waals surface area contributed by atoms with E-state index in [0.717, 1.165) is 9.87 Å². The highest BCUT2D eigenvalue weighted by molar-refractivity contribution is 7.89. The van der Waals surface area contributed by atoms with Crippen molar-refractivity contribution in [2.75, 3.05) is 32.7 Å². The van der Waals surface area contributed by atoms with Crippen LogP contribution < -0.4 is 19.5 Å². The largest absolute Gasteiger partial charge is 0.495 e. The molecule has 0 radical (unpaired) electrons. The Morgan fingerprint density at radius 2 is 1.63 bits per heavy atom. The van der Waals surface area contributed by atoms with E-state index in [1.165, 1.54) is 38.5 Å². The van der Waals surface area contributed by atoms with Crippen LogP contribution in [-0.4, -0.2) is 46.0 Å². The molecule has 0 saturated heterocycles. The summed E-state index contributed by atoms with van der Waals surface area (Å²) in [4.78, 5) is 13.1. The number of carbonyl (C=O) groups excluding carboxylic acids is 1. The van der Waals surface area contributed by atoms with Gasteiger partial charge >= 0.3 is 0 Å². The average molecular weight is 519 g/mol. The number of hydrogen-bond donors (Lipinski definition) is 1. The first-order chi connectivity index (χ1) is 16.8. The summed E-state index contributed by atoms with van der Waals surface area (Å²) >= 11 is 6.14. The topological polar surface area (TPSA) is 94.2 Å². The Morgan fingerprint density at radius 3 is 2.23 bits per heavy atom. The molecule has 0 aliphatic carbocycles. The molecule has 0 aliphatic rings. The Hall–Kier alpha value is -3.27. The summed E-state index contributed by atoms with van der Waals surface area (Å²) in [5.41, 5.74) is 1.04. The summed E-state index contributed by atoms with van der Waals surface area (Å²) in [6.07, 6.45) is 0. The maximum absolute atomic E-state index is 13.5. The van der Waals surface area contributed by atoms with Crippen LogP contribution in [-0.2, 0) is 21.4 Å². The van der Waals surface area contributed by atoms with E-state index in [1.54, 1.807) is 24.3 Å². The van der Waals surface area contributed by atoms with Crippen molar-refractivity contribution in [3.8, 4) is 17.2 Å². The quantitative estimate of drug-likeness (QED) is 0.399. The maximum atomic E-state index is 13.5. The Bertz CT molecular complexity index is 1250. The van der Waals surface area contributed by atoms with Crippen LogP contribution in [0.1, 0.15) is 12.5 Å². The highest BCUT2D eigenvalue weighted by Gasteiger charge is 2.27. The van der Waals surface area contributed by atoms with Gasteiger partial charge in [-0.1, -0.05) is 41.9 Å². The van der Waals surface area contributed by atoms with Crippen molar-refractivity contribution >= 4 is 33.2 Å². The fraction of sp³-hybridized carbons (Fsp3) is 0.240. The van der Waals surface area contributed by atoms with Crippen molar-refractivity contribution in [2.45, 2.75) is 18.4 Å². The van der Waals surface area contributed by atoms with E-state index >= 15 is 0 Å². The van der Waals surface area contributed by atoms with Crippen molar-refractivity contribution in [1.29, 1.82) is 0 Å². The second-order valence-corrected chi connectivity index (χ2v) is 9.74. The molecule has 0 spiro atoms. The van der Waals surface area contributed by atoms with E-state index in [0.29, 0.717) is 34.6 Å². The summed E-state index contributed by atoms with van der Waals surface area (Å²) in [5.74, 6) is 0.653. The van der Waals surface area contributed by atoms with Crippen LogP contribution in [0.5, 0.6) is 17.2 Å². The Morgan fingerprint density at radius 1 is 0.971 bits per heavy atom. The molecule has 1 N–H and O–H groups in total. The zero-order valence-corrected chi connectivity index (χ0v) is 21.2. The van der Waals surface area contributed by atoms with Gasteiger partial charge in [0.1, 0.15) is 17.2 Å². The van der Waals surface area contributed by atoms with Gasteiger partial charge in [0.15, 0.2) is 0 Å². The second kappa shape index (κ2) is 11.9. The highest BCUT2D eigenvalue weighted by Crippen LogP contribution is 2.36. The van der Waals surface area contributed by atoms with E-state index in [9.17, 15) is 13.2 Å². The molecule has 3 aromatic rings. The van der Waals surface area contributed by atoms with Gasteiger partial charge in [-0.15, -0.1) is 0 Å².